The quantitative estimate of drug-likeness (QED) is 0.433. The third kappa shape index (κ3) is 7.14. The number of nitrogens with zero attached hydrogens (tertiary/aromatic N) is 1. The summed E-state index contributed by atoms with van der Waals surface area (Å²) in [5.41, 5.74) is 2.41. The molecule has 2 aromatic carbocycles. The van der Waals surface area contributed by atoms with E-state index >= 15 is 0 Å². The van der Waals surface area contributed by atoms with Gasteiger partial charge in [-0.25, -0.2) is 4.99 Å². The van der Waals surface area contributed by atoms with Gasteiger partial charge in [-0.05, 0) is 44.5 Å². The molecule has 0 amide bonds. The van der Waals surface area contributed by atoms with Crippen LogP contribution in [0.3, 0.4) is 0 Å². The predicted octanol–water partition coefficient (Wildman–Crippen LogP) is 3.96. The molecule has 0 radical (unpaired) electrons. The predicted molar refractivity (Wildman–Crippen MR) is 109 cm³/mol. The maximum atomic E-state index is 12.6. The van der Waals surface area contributed by atoms with E-state index in [2.05, 4.69) is 20.4 Å². The van der Waals surface area contributed by atoms with Gasteiger partial charge in [-0.3, -0.25) is 0 Å². The lowest BCUT2D eigenvalue weighted by molar-refractivity contribution is -0.0504. The number of hydrogen-bond donors (Lipinski definition) is 3. The number of phenolic OH excluding ortho intramolecular Hbond substituents is 1. The Kier molecular flexibility index (Phi) is 8.51. The smallest absolute Gasteiger partial charge is 0.387 e. The number of aliphatic imine (C=N–C) groups is 1. The fourth-order valence-electron chi connectivity index (χ4n) is 2.68. The molecule has 0 aliphatic heterocycles. The van der Waals surface area contributed by atoms with E-state index < -0.39 is 6.61 Å². The molecule has 0 bridgehead atoms. The van der Waals surface area contributed by atoms with Gasteiger partial charge in [0.15, 0.2) is 17.5 Å². The van der Waals surface area contributed by atoms with Gasteiger partial charge in [-0.1, -0.05) is 23.8 Å². The molecule has 0 saturated carbocycles. The van der Waals surface area contributed by atoms with Gasteiger partial charge in [-0.15, -0.1) is 0 Å². The van der Waals surface area contributed by atoms with Crippen LogP contribution in [0.25, 0.3) is 0 Å². The minimum atomic E-state index is -2.88. The summed E-state index contributed by atoms with van der Waals surface area (Å²) >= 11 is 0. The number of phenols is 1. The Morgan fingerprint density at radius 3 is 2.59 bits per heavy atom. The lowest BCUT2D eigenvalue weighted by Gasteiger charge is -2.15. The molecule has 0 aliphatic rings. The minimum absolute atomic E-state index is 0.0793. The van der Waals surface area contributed by atoms with E-state index in [1.807, 2.05) is 20.8 Å². The average Bonchev–Trinajstić information content (AvgIpc) is 2.68. The van der Waals surface area contributed by atoms with Gasteiger partial charge in [0, 0.05) is 18.7 Å². The molecular weight excluding hydrogens is 380 g/mol. The molecule has 29 heavy (non-hydrogen) atoms. The lowest BCUT2D eigenvalue weighted by Crippen LogP contribution is -2.36. The molecule has 6 nitrogen and oxygen atoms in total. The molecule has 0 aliphatic carbocycles. The highest BCUT2D eigenvalue weighted by Crippen LogP contribution is 2.27. The third-order valence-corrected chi connectivity index (χ3v) is 3.97. The van der Waals surface area contributed by atoms with Crippen LogP contribution >= 0.6 is 0 Å². The van der Waals surface area contributed by atoms with E-state index in [0.29, 0.717) is 37.0 Å². The maximum Gasteiger partial charge on any atom is 0.387 e. The van der Waals surface area contributed by atoms with Gasteiger partial charge in [-0.2, -0.15) is 8.78 Å². The van der Waals surface area contributed by atoms with E-state index in [4.69, 9.17) is 4.74 Å². The average molecular weight is 407 g/mol. The number of alkyl halides is 2. The molecule has 0 atom stereocenters. The van der Waals surface area contributed by atoms with Crippen molar-refractivity contribution >= 4 is 5.96 Å². The van der Waals surface area contributed by atoms with Crippen LogP contribution in [-0.4, -0.2) is 30.8 Å². The molecule has 2 aromatic rings. The van der Waals surface area contributed by atoms with Gasteiger partial charge in [0.25, 0.3) is 0 Å². The van der Waals surface area contributed by atoms with E-state index in [1.54, 1.807) is 30.3 Å². The Hall–Kier alpha value is -3.03. The summed E-state index contributed by atoms with van der Waals surface area (Å²) in [6.07, 6.45) is 0. The van der Waals surface area contributed by atoms with Crippen LogP contribution in [0.1, 0.15) is 30.5 Å². The van der Waals surface area contributed by atoms with E-state index in [-0.39, 0.29) is 18.0 Å². The number of benzene rings is 2. The third-order valence-electron chi connectivity index (χ3n) is 3.97. The number of halogens is 2. The molecule has 0 saturated heterocycles. The summed E-state index contributed by atoms with van der Waals surface area (Å²) in [6, 6.07) is 10.1. The number of hydrogen-bond acceptors (Lipinski definition) is 4. The standard InChI is InChI=1S/C21H27F2N3O3/c1-4-24-21(25-12-15-7-8-17(27)19(11-15)28-5-2)26-13-16-10-14(3)6-9-18(16)29-20(22)23/h6-11,20,27H,4-5,12-13H2,1-3H3,(H2,24,25,26). The fourth-order valence-corrected chi connectivity index (χ4v) is 2.68. The Morgan fingerprint density at radius 2 is 1.90 bits per heavy atom. The summed E-state index contributed by atoms with van der Waals surface area (Å²) in [6.45, 7) is 4.49. The molecule has 8 heteroatoms. The van der Waals surface area contributed by atoms with Crippen LogP contribution in [0.5, 0.6) is 17.2 Å². The number of nitrogens with one attached hydrogen (secondary N) is 2. The second-order valence-corrected chi connectivity index (χ2v) is 6.27. The van der Waals surface area contributed by atoms with Crippen molar-refractivity contribution in [3.63, 3.8) is 0 Å². The van der Waals surface area contributed by atoms with Gasteiger partial charge in [0.1, 0.15) is 5.75 Å². The van der Waals surface area contributed by atoms with Gasteiger partial charge < -0.3 is 25.2 Å². The zero-order chi connectivity index (χ0) is 21.2. The van der Waals surface area contributed by atoms with Crippen molar-refractivity contribution in [2.75, 3.05) is 13.2 Å². The Labute approximate surface area is 169 Å². The number of aromatic hydroxyl groups is 1. The van der Waals surface area contributed by atoms with Crippen molar-refractivity contribution in [2.45, 2.75) is 40.5 Å². The second kappa shape index (κ2) is 11.1. The Morgan fingerprint density at radius 1 is 1.10 bits per heavy atom. The first-order valence-electron chi connectivity index (χ1n) is 9.44. The van der Waals surface area contributed by atoms with E-state index in [0.717, 1.165) is 11.1 Å². The maximum absolute atomic E-state index is 12.6. The van der Waals surface area contributed by atoms with Crippen molar-refractivity contribution in [3.8, 4) is 17.2 Å². The molecule has 158 valence electrons. The van der Waals surface area contributed by atoms with Gasteiger partial charge in [0.2, 0.25) is 0 Å². The first kappa shape index (κ1) is 22.3. The topological polar surface area (TPSA) is 75.1 Å². The largest absolute Gasteiger partial charge is 0.504 e. The molecular formula is C21H27F2N3O3. The molecule has 3 N–H and O–H groups in total. The van der Waals surface area contributed by atoms with Crippen LogP contribution in [0, 0.1) is 6.92 Å². The van der Waals surface area contributed by atoms with Gasteiger partial charge >= 0.3 is 6.61 Å². The van der Waals surface area contributed by atoms with Crippen LogP contribution in [0.4, 0.5) is 8.78 Å². The number of guanidine groups is 1. The summed E-state index contributed by atoms with van der Waals surface area (Å²) in [5.74, 6) is 1.15. The highest BCUT2D eigenvalue weighted by atomic mass is 19.3. The lowest BCUT2D eigenvalue weighted by atomic mass is 10.1. The molecule has 2 rings (SSSR count). The summed E-state index contributed by atoms with van der Waals surface area (Å²) < 4.78 is 35.3. The molecule has 0 heterocycles. The SMILES string of the molecule is CCNC(=NCc1ccc(O)c(OCC)c1)NCc1cc(C)ccc1OC(F)F. The summed E-state index contributed by atoms with van der Waals surface area (Å²) in [7, 11) is 0. The second-order valence-electron chi connectivity index (χ2n) is 6.27. The highest BCUT2D eigenvalue weighted by molar-refractivity contribution is 5.79. The molecule has 0 spiro atoms. The Bertz CT molecular complexity index is 829. The number of ether oxygens (including phenoxy) is 2. The van der Waals surface area contributed by atoms with Crippen LogP contribution in [0.15, 0.2) is 41.4 Å². The van der Waals surface area contributed by atoms with Crippen molar-refractivity contribution in [3.05, 3.63) is 53.1 Å². The number of aryl methyl sites for hydroxylation is 1. The Balaban J connectivity index is 2.10. The first-order valence-corrected chi connectivity index (χ1v) is 9.44. The first-order chi connectivity index (χ1) is 13.9. The summed E-state index contributed by atoms with van der Waals surface area (Å²) in [5, 5.41) is 16.0. The zero-order valence-corrected chi connectivity index (χ0v) is 16.8. The minimum Gasteiger partial charge on any atom is -0.504 e. The molecule has 0 fully saturated rings. The van der Waals surface area contributed by atoms with Crippen molar-refractivity contribution in [2.24, 2.45) is 4.99 Å². The zero-order valence-electron chi connectivity index (χ0n) is 16.8. The molecule has 0 aromatic heterocycles. The highest BCUT2D eigenvalue weighted by Gasteiger charge is 2.11. The van der Waals surface area contributed by atoms with Crippen molar-refractivity contribution < 1.29 is 23.4 Å². The van der Waals surface area contributed by atoms with Crippen molar-refractivity contribution in [1.82, 2.24) is 10.6 Å². The summed E-state index contributed by atoms with van der Waals surface area (Å²) in [4.78, 5) is 4.51. The van der Waals surface area contributed by atoms with E-state index in [1.165, 1.54) is 6.07 Å². The van der Waals surface area contributed by atoms with Crippen LogP contribution < -0.4 is 20.1 Å². The molecule has 0 unspecified atom stereocenters. The van der Waals surface area contributed by atoms with Crippen LogP contribution in [-0.2, 0) is 13.1 Å². The van der Waals surface area contributed by atoms with Crippen molar-refractivity contribution in [1.29, 1.82) is 0 Å². The van der Waals surface area contributed by atoms with Gasteiger partial charge in [0.05, 0.1) is 13.2 Å². The van der Waals surface area contributed by atoms with E-state index in [9.17, 15) is 13.9 Å². The number of rotatable bonds is 9. The fraction of sp³-hybridized carbons (Fsp3) is 0.381. The van der Waals surface area contributed by atoms with Crippen LogP contribution in [0.2, 0.25) is 0 Å². The monoisotopic (exact) mass is 407 g/mol. The normalized spacial score (nSPS) is 11.4.